The fourth-order valence-corrected chi connectivity index (χ4v) is 6.44. The summed E-state index contributed by atoms with van der Waals surface area (Å²) in [7, 11) is 0. The van der Waals surface area contributed by atoms with Crippen molar-refractivity contribution in [3.8, 4) is 0 Å². The molecule has 212 valence electrons. The first-order valence-electron chi connectivity index (χ1n) is 14.0. The van der Waals surface area contributed by atoms with Gasteiger partial charge in [0, 0.05) is 23.8 Å². The highest BCUT2D eigenvalue weighted by Crippen LogP contribution is 2.33. The average molecular weight is 540 g/mol. The first-order chi connectivity index (χ1) is 17.5. The van der Waals surface area contributed by atoms with Gasteiger partial charge in [0.05, 0.1) is 12.4 Å². The molecule has 1 heterocycles. The lowest BCUT2D eigenvalue weighted by Crippen LogP contribution is -2.60. The molecule has 2 rings (SSSR count). The van der Waals surface area contributed by atoms with Crippen molar-refractivity contribution < 1.29 is 19.1 Å². The maximum absolute atomic E-state index is 14.0. The van der Waals surface area contributed by atoms with Crippen LogP contribution in [0.2, 0.25) is 0 Å². The Morgan fingerprint density at radius 1 is 1.19 bits per heavy atom. The van der Waals surface area contributed by atoms with Gasteiger partial charge in [-0.1, -0.05) is 40.0 Å². The largest absolute Gasteiger partial charge is 0.450 e. The summed E-state index contributed by atoms with van der Waals surface area (Å²) >= 11 is 1.63. The summed E-state index contributed by atoms with van der Waals surface area (Å²) in [5, 5.41) is 13.9. The molecule has 0 spiro atoms. The van der Waals surface area contributed by atoms with E-state index in [0.29, 0.717) is 31.2 Å². The van der Waals surface area contributed by atoms with E-state index in [-0.39, 0.29) is 30.8 Å². The smallest absolute Gasteiger partial charge is 0.407 e. The van der Waals surface area contributed by atoms with Gasteiger partial charge in [-0.25, -0.2) is 4.79 Å². The van der Waals surface area contributed by atoms with Crippen LogP contribution in [-0.4, -0.2) is 70.9 Å². The van der Waals surface area contributed by atoms with Gasteiger partial charge < -0.3 is 26.0 Å². The Bertz CT molecular complexity index is 785. The normalized spacial score (nSPS) is 21.5. The third kappa shape index (κ3) is 9.69. The second-order valence-corrected chi connectivity index (χ2v) is 13.2. The van der Waals surface area contributed by atoms with Crippen molar-refractivity contribution in [2.75, 3.05) is 25.4 Å². The second kappa shape index (κ2) is 14.8. The molecule has 1 saturated heterocycles. The number of nitrogens with two attached hydrogens (primary N) is 1. The van der Waals surface area contributed by atoms with Gasteiger partial charge >= 0.3 is 6.09 Å². The van der Waals surface area contributed by atoms with Crippen LogP contribution in [0.3, 0.4) is 0 Å². The van der Waals surface area contributed by atoms with E-state index in [0.717, 1.165) is 25.0 Å². The van der Waals surface area contributed by atoms with Crippen molar-refractivity contribution >= 4 is 35.5 Å². The fraction of sp³-hybridized carbons (Fsp3) is 0.852. The predicted octanol–water partition coefficient (Wildman–Crippen LogP) is 3.90. The molecule has 1 saturated carbocycles. The van der Waals surface area contributed by atoms with E-state index in [2.05, 4.69) is 24.5 Å². The SMILES string of the molecule is CCCOC(=O)N[C@@H](C(=O)N1C[C@H](C(=N)N)C[C@H]1C(=O)NCC1CCCCC1)C(C)(C)SCCC(C)C. The summed E-state index contributed by atoms with van der Waals surface area (Å²) in [6.07, 6.45) is 7.16. The number of nitrogens with zero attached hydrogens (tertiary/aromatic N) is 1. The number of hydrogen-bond acceptors (Lipinski definition) is 6. The number of rotatable bonds is 13. The average Bonchev–Trinajstić information content (AvgIpc) is 3.30. The molecule has 0 unspecified atom stereocenters. The number of carbonyl (C=O) groups is 3. The molecule has 1 aliphatic carbocycles. The van der Waals surface area contributed by atoms with Gasteiger partial charge in [-0.05, 0) is 63.5 Å². The Kier molecular flexibility index (Phi) is 12.5. The number of nitrogens with one attached hydrogen (secondary N) is 3. The maximum atomic E-state index is 14.0. The molecular formula is C27H49N5O4S. The van der Waals surface area contributed by atoms with Gasteiger partial charge in [0.1, 0.15) is 12.1 Å². The third-order valence-corrected chi connectivity index (χ3v) is 8.85. The van der Waals surface area contributed by atoms with Gasteiger partial charge in [0.2, 0.25) is 11.8 Å². The van der Waals surface area contributed by atoms with Crippen molar-refractivity contribution in [1.82, 2.24) is 15.5 Å². The van der Waals surface area contributed by atoms with Crippen molar-refractivity contribution in [3.63, 3.8) is 0 Å². The molecule has 0 aromatic rings. The molecule has 0 bridgehead atoms. The quantitative estimate of drug-likeness (QED) is 0.207. The van der Waals surface area contributed by atoms with E-state index in [1.54, 1.807) is 11.8 Å². The molecule has 3 atom stereocenters. The van der Waals surface area contributed by atoms with Crippen LogP contribution < -0.4 is 16.4 Å². The van der Waals surface area contributed by atoms with Crippen molar-refractivity contribution in [2.45, 2.75) is 103 Å². The molecule has 0 aromatic carbocycles. The lowest BCUT2D eigenvalue weighted by Gasteiger charge is -2.37. The number of ether oxygens (including phenoxy) is 1. The van der Waals surface area contributed by atoms with Gasteiger partial charge in [-0.15, -0.1) is 0 Å². The highest BCUT2D eigenvalue weighted by Gasteiger charge is 2.47. The molecule has 3 amide bonds. The van der Waals surface area contributed by atoms with E-state index >= 15 is 0 Å². The van der Waals surface area contributed by atoms with Crippen LogP contribution >= 0.6 is 11.8 Å². The summed E-state index contributed by atoms with van der Waals surface area (Å²) in [5.41, 5.74) is 5.82. The molecule has 5 N–H and O–H groups in total. The Balaban J connectivity index is 2.22. The number of hydrogen-bond donors (Lipinski definition) is 4. The number of amidine groups is 1. The van der Waals surface area contributed by atoms with Crippen LogP contribution in [0, 0.1) is 23.2 Å². The van der Waals surface area contributed by atoms with E-state index < -0.39 is 28.8 Å². The molecule has 2 fully saturated rings. The summed E-state index contributed by atoms with van der Waals surface area (Å²) in [5.74, 6) is 0.855. The van der Waals surface area contributed by atoms with Gasteiger partial charge in [-0.2, -0.15) is 11.8 Å². The minimum atomic E-state index is -0.895. The van der Waals surface area contributed by atoms with Crippen LogP contribution in [0.4, 0.5) is 4.79 Å². The highest BCUT2D eigenvalue weighted by atomic mass is 32.2. The molecule has 0 aromatic heterocycles. The van der Waals surface area contributed by atoms with Crippen LogP contribution in [0.25, 0.3) is 0 Å². The predicted molar refractivity (Wildman–Crippen MR) is 150 cm³/mol. The molecule has 2 aliphatic rings. The Hall–Kier alpha value is -1.97. The standard InChI is InChI=1S/C27H49N5O4S/c1-6-13-36-26(35)31-22(27(4,5)37-14-12-18(2)3)25(34)32-17-20(23(28)29)15-21(32)24(33)30-16-19-10-8-7-9-11-19/h18-22H,6-17H2,1-5H3,(H3,28,29)(H,30,33)(H,31,35)/t20-,21+,22+/m1/s1. The van der Waals surface area contributed by atoms with Crippen LogP contribution in [0.1, 0.15) is 86.0 Å². The Morgan fingerprint density at radius 3 is 2.46 bits per heavy atom. The molecular weight excluding hydrogens is 490 g/mol. The molecule has 9 nitrogen and oxygen atoms in total. The molecule has 10 heteroatoms. The minimum Gasteiger partial charge on any atom is -0.450 e. The lowest BCUT2D eigenvalue weighted by atomic mass is 9.89. The second-order valence-electron chi connectivity index (χ2n) is 11.5. The number of amides is 3. The van der Waals surface area contributed by atoms with Crippen molar-refractivity contribution in [2.24, 2.45) is 23.5 Å². The van der Waals surface area contributed by atoms with Crippen LogP contribution in [0.5, 0.6) is 0 Å². The topological polar surface area (TPSA) is 138 Å². The summed E-state index contributed by atoms with van der Waals surface area (Å²) in [6, 6.07) is -1.62. The van der Waals surface area contributed by atoms with Crippen LogP contribution in [-0.2, 0) is 14.3 Å². The number of likely N-dealkylation sites (tertiary alicyclic amines) is 1. The lowest BCUT2D eigenvalue weighted by molar-refractivity contribution is -0.140. The maximum Gasteiger partial charge on any atom is 0.407 e. The first-order valence-corrected chi connectivity index (χ1v) is 14.9. The van der Waals surface area contributed by atoms with Crippen molar-refractivity contribution in [1.29, 1.82) is 5.41 Å². The van der Waals surface area contributed by atoms with Gasteiger partial charge in [-0.3, -0.25) is 15.0 Å². The summed E-state index contributed by atoms with van der Waals surface area (Å²) in [6.45, 7) is 11.1. The first kappa shape index (κ1) is 31.2. The minimum absolute atomic E-state index is 0.0298. The molecule has 1 aliphatic heterocycles. The van der Waals surface area contributed by atoms with Gasteiger partial charge in [0.25, 0.3) is 0 Å². The van der Waals surface area contributed by atoms with E-state index in [1.807, 2.05) is 20.8 Å². The zero-order valence-electron chi connectivity index (χ0n) is 23.4. The van der Waals surface area contributed by atoms with Gasteiger partial charge in [0.15, 0.2) is 0 Å². The highest BCUT2D eigenvalue weighted by molar-refractivity contribution is 8.00. The van der Waals surface area contributed by atoms with E-state index in [1.165, 1.54) is 24.2 Å². The number of carbonyl (C=O) groups excluding carboxylic acids is 3. The summed E-state index contributed by atoms with van der Waals surface area (Å²) in [4.78, 5) is 41.5. The number of alkyl carbamates (subject to hydrolysis) is 1. The monoisotopic (exact) mass is 539 g/mol. The molecule has 0 radical (unpaired) electrons. The zero-order valence-corrected chi connectivity index (χ0v) is 24.3. The Labute approximate surface area is 227 Å². The Morgan fingerprint density at radius 2 is 1.86 bits per heavy atom. The van der Waals surface area contributed by atoms with Crippen molar-refractivity contribution in [3.05, 3.63) is 0 Å². The van der Waals surface area contributed by atoms with E-state index in [4.69, 9.17) is 15.9 Å². The van der Waals surface area contributed by atoms with Crippen LogP contribution in [0.15, 0.2) is 0 Å². The molecule has 37 heavy (non-hydrogen) atoms. The zero-order chi connectivity index (χ0) is 27.6. The number of thioether (sulfide) groups is 1. The van der Waals surface area contributed by atoms with E-state index in [9.17, 15) is 14.4 Å². The third-order valence-electron chi connectivity index (χ3n) is 7.43. The fourth-order valence-electron chi connectivity index (χ4n) is 5.00. The summed E-state index contributed by atoms with van der Waals surface area (Å²) < 4.78 is 4.60.